The zero-order valence-electron chi connectivity index (χ0n) is 17.8. The Labute approximate surface area is 190 Å². The number of rotatable bonds is 3. The van der Waals surface area contributed by atoms with E-state index in [0.717, 1.165) is 35.3 Å². The third-order valence-corrected chi connectivity index (χ3v) is 6.79. The monoisotopic (exact) mass is 447 g/mol. The Hall–Kier alpha value is -3.50. The van der Waals surface area contributed by atoms with E-state index < -0.39 is 0 Å². The van der Waals surface area contributed by atoms with E-state index in [1.54, 1.807) is 13.2 Å². The van der Waals surface area contributed by atoms with E-state index in [1.807, 2.05) is 28.6 Å². The predicted octanol–water partition coefficient (Wildman–Crippen LogP) is 3.12. The van der Waals surface area contributed by atoms with Crippen LogP contribution < -0.4 is 10.5 Å². The number of carbonyl (C=O) groups is 1. The van der Waals surface area contributed by atoms with Gasteiger partial charge in [-0.25, -0.2) is 9.97 Å². The van der Waals surface area contributed by atoms with E-state index in [1.165, 1.54) is 12.4 Å². The minimum absolute atomic E-state index is 0.00869. The lowest BCUT2D eigenvalue weighted by Gasteiger charge is -2.16. The number of fused-ring (bicyclic) bond motifs is 2. The Bertz CT molecular complexity index is 1320. The number of nitrogens with zero attached hydrogens (tertiary/aromatic N) is 4. The fourth-order valence-corrected chi connectivity index (χ4v) is 4.91. The number of hydrogen-bond donors (Lipinski definition) is 1. The molecule has 3 atom stereocenters. The molecule has 1 amide bonds. The maximum atomic E-state index is 11.8. The number of nitrogens with two attached hydrogens (primary N) is 1. The van der Waals surface area contributed by atoms with Gasteiger partial charge < -0.3 is 19.9 Å². The maximum Gasteiger partial charge on any atom is 0.245 e. The number of aryl methyl sites for hydroxylation is 1. The standard InChI is InChI=1S/C24H22ClN5O2/c1-4-20(31)30-10-15-14(16(15)11-30)6-8-18-21(13-5-7-17(25)19(9-13)32-3)22-23(26)27-12-28-24(22)29(18)2/h4-5,7,9,12,14-16H,1,10-11H2,2-3H3,(H2,26,27,28)/t14-,15-,16+. The van der Waals surface area contributed by atoms with E-state index in [4.69, 9.17) is 22.1 Å². The molecule has 1 saturated heterocycles. The maximum absolute atomic E-state index is 11.8. The first kappa shape index (κ1) is 20.4. The number of halogens is 1. The number of aromatic nitrogens is 3. The van der Waals surface area contributed by atoms with Crippen molar-refractivity contribution in [3.05, 3.63) is 47.9 Å². The molecule has 2 N–H and O–H groups in total. The highest BCUT2D eigenvalue weighted by atomic mass is 35.5. The summed E-state index contributed by atoms with van der Waals surface area (Å²) < 4.78 is 7.36. The largest absolute Gasteiger partial charge is 0.495 e. The fourth-order valence-electron chi connectivity index (χ4n) is 4.72. The van der Waals surface area contributed by atoms with Crippen molar-refractivity contribution >= 4 is 34.4 Å². The predicted molar refractivity (Wildman–Crippen MR) is 124 cm³/mol. The van der Waals surface area contributed by atoms with E-state index >= 15 is 0 Å². The first-order chi connectivity index (χ1) is 15.4. The van der Waals surface area contributed by atoms with Crippen LogP contribution in [0.25, 0.3) is 22.2 Å². The summed E-state index contributed by atoms with van der Waals surface area (Å²) in [5, 5.41) is 1.28. The zero-order chi connectivity index (χ0) is 22.6. The molecule has 162 valence electrons. The summed E-state index contributed by atoms with van der Waals surface area (Å²) >= 11 is 6.25. The van der Waals surface area contributed by atoms with Crippen molar-refractivity contribution in [2.75, 3.05) is 25.9 Å². The Kier molecular flexibility index (Phi) is 4.83. The second-order valence-electron chi connectivity index (χ2n) is 8.16. The summed E-state index contributed by atoms with van der Waals surface area (Å²) in [7, 11) is 3.51. The fraction of sp³-hybridized carbons (Fsp3) is 0.292. The van der Waals surface area contributed by atoms with Crippen LogP contribution in [0.5, 0.6) is 5.75 Å². The molecule has 0 spiro atoms. The average Bonchev–Trinajstić information content (AvgIpc) is 3.12. The third-order valence-electron chi connectivity index (χ3n) is 6.47. The summed E-state index contributed by atoms with van der Waals surface area (Å²) in [4.78, 5) is 22.3. The molecule has 1 aromatic carbocycles. The summed E-state index contributed by atoms with van der Waals surface area (Å²) in [5.74, 6) is 8.90. The number of likely N-dealkylation sites (tertiary alicyclic amines) is 1. The van der Waals surface area contributed by atoms with Gasteiger partial charge in [0.2, 0.25) is 5.91 Å². The van der Waals surface area contributed by atoms with Gasteiger partial charge in [-0.05, 0) is 41.5 Å². The van der Waals surface area contributed by atoms with Crippen LogP contribution in [-0.2, 0) is 11.8 Å². The molecular weight excluding hydrogens is 426 g/mol. The van der Waals surface area contributed by atoms with Crippen LogP contribution in [-0.4, -0.2) is 45.5 Å². The molecule has 0 unspecified atom stereocenters. The van der Waals surface area contributed by atoms with Crippen LogP contribution in [0.1, 0.15) is 5.69 Å². The second kappa shape index (κ2) is 7.57. The van der Waals surface area contributed by atoms with Gasteiger partial charge in [0.1, 0.15) is 29.2 Å². The number of anilines is 1. The van der Waals surface area contributed by atoms with Crippen LogP contribution >= 0.6 is 11.6 Å². The SMILES string of the molecule is C=CC(=O)N1C[C@@H]2[C@@H](C#Cc3c(-c4ccc(Cl)c(OC)c4)c4c(N)ncnc4n3C)[C@@H]2C1. The molecule has 0 bridgehead atoms. The van der Waals surface area contributed by atoms with E-state index in [-0.39, 0.29) is 11.8 Å². The van der Waals surface area contributed by atoms with Crippen molar-refractivity contribution in [1.82, 2.24) is 19.4 Å². The van der Waals surface area contributed by atoms with E-state index in [9.17, 15) is 4.79 Å². The van der Waals surface area contributed by atoms with Gasteiger partial charge >= 0.3 is 0 Å². The molecule has 7 nitrogen and oxygen atoms in total. The minimum Gasteiger partial charge on any atom is -0.495 e. The highest BCUT2D eigenvalue weighted by molar-refractivity contribution is 6.32. The molecule has 3 aromatic rings. The van der Waals surface area contributed by atoms with Crippen LogP contribution in [0.4, 0.5) is 5.82 Å². The van der Waals surface area contributed by atoms with E-state index in [2.05, 4.69) is 28.4 Å². The summed E-state index contributed by atoms with van der Waals surface area (Å²) in [6.45, 7) is 5.05. The summed E-state index contributed by atoms with van der Waals surface area (Å²) in [6.07, 6.45) is 2.83. The van der Waals surface area contributed by atoms with Crippen LogP contribution in [0.3, 0.4) is 0 Å². The third kappa shape index (κ3) is 3.10. The molecule has 1 aliphatic carbocycles. The molecule has 3 heterocycles. The van der Waals surface area contributed by atoms with E-state index in [0.29, 0.717) is 34.1 Å². The molecule has 8 heteroatoms. The highest BCUT2D eigenvalue weighted by Crippen LogP contribution is 2.51. The van der Waals surface area contributed by atoms with Gasteiger partial charge in [0, 0.05) is 31.6 Å². The van der Waals surface area contributed by atoms with Gasteiger partial charge in [-0.3, -0.25) is 4.79 Å². The number of carbonyl (C=O) groups excluding carboxylic acids is 1. The van der Waals surface area contributed by atoms with Crippen molar-refractivity contribution in [3.8, 4) is 28.7 Å². The van der Waals surface area contributed by atoms with Gasteiger partial charge in [0.25, 0.3) is 0 Å². The van der Waals surface area contributed by atoms with Crippen molar-refractivity contribution in [2.24, 2.45) is 24.8 Å². The molecule has 2 aromatic heterocycles. The number of benzene rings is 1. The number of ether oxygens (including phenoxy) is 1. The van der Waals surface area contributed by atoms with Crippen LogP contribution in [0, 0.1) is 29.6 Å². The summed E-state index contributed by atoms with van der Waals surface area (Å²) in [5.41, 5.74) is 9.51. The normalized spacial score (nSPS) is 21.1. The first-order valence-corrected chi connectivity index (χ1v) is 10.7. The lowest BCUT2D eigenvalue weighted by molar-refractivity contribution is -0.125. The van der Waals surface area contributed by atoms with Crippen molar-refractivity contribution < 1.29 is 9.53 Å². The van der Waals surface area contributed by atoms with Crippen molar-refractivity contribution in [1.29, 1.82) is 0 Å². The molecule has 5 rings (SSSR count). The van der Waals surface area contributed by atoms with Gasteiger partial charge in [0.05, 0.1) is 17.5 Å². The lowest BCUT2D eigenvalue weighted by atomic mass is 10.0. The topological polar surface area (TPSA) is 86.3 Å². The molecule has 1 saturated carbocycles. The Morgan fingerprint density at radius 2 is 2.09 bits per heavy atom. The Morgan fingerprint density at radius 3 is 2.78 bits per heavy atom. The number of methoxy groups -OCH3 is 1. The molecule has 0 radical (unpaired) electrons. The molecule has 32 heavy (non-hydrogen) atoms. The Balaban J connectivity index is 1.57. The van der Waals surface area contributed by atoms with Crippen molar-refractivity contribution in [3.63, 3.8) is 0 Å². The van der Waals surface area contributed by atoms with Gasteiger partial charge in [-0.15, -0.1) is 0 Å². The average molecular weight is 448 g/mol. The summed E-state index contributed by atoms with van der Waals surface area (Å²) in [6, 6.07) is 5.59. The number of nitrogen functional groups attached to an aromatic ring is 1. The molecule has 2 fully saturated rings. The molecular formula is C24H22ClN5O2. The minimum atomic E-state index is -0.00869. The zero-order valence-corrected chi connectivity index (χ0v) is 18.6. The van der Waals surface area contributed by atoms with Crippen molar-refractivity contribution in [2.45, 2.75) is 0 Å². The molecule has 2 aliphatic rings. The Morgan fingerprint density at radius 1 is 1.34 bits per heavy atom. The number of piperidine rings is 1. The van der Waals surface area contributed by atoms with Crippen LogP contribution in [0.15, 0.2) is 37.2 Å². The quantitative estimate of drug-likeness (QED) is 0.492. The lowest BCUT2D eigenvalue weighted by Crippen LogP contribution is -2.29. The van der Waals surface area contributed by atoms with Gasteiger partial charge in [-0.2, -0.15) is 0 Å². The van der Waals surface area contributed by atoms with Crippen LogP contribution in [0.2, 0.25) is 5.02 Å². The smallest absolute Gasteiger partial charge is 0.245 e. The number of hydrogen-bond acceptors (Lipinski definition) is 5. The van der Waals surface area contributed by atoms with Gasteiger partial charge in [0.15, 0.2) is 0 Å². The number of amides is 1. The highest BCUT2D eigenvalue weighted by Gasteiger charge is 2.55. The first-order valence-electron chi connectivity index (χ1n) is 10.3. The van der Waals surface area contributed by atoms with Gasteiger partial charge in [-0.1, -0.05) is 30.2 Å². The molecule has 1 aliphatic heterocycles. The second-order valence-corrected chi connectivity index (χ2v) is 8.57.